The molecule has 1 heterocycles. The van der Waals surface area contributed by atoms with Crippen LogP contribution in [0.25, 0.3) is 0 Å². The van der Waals surface area contributed by atoms with Crippen LogP contribution < -0.4 is 21.7 Å². The van der Waals surface area contributed by atoms with Crippen LogP contribution >= 0.6 is 0 Å². The lowest BCUT2D eigenvalue weighted by molar-refractivity contribution is -0.145. The number of aliphatic hydroxyl groups excluding tert-OH is 1. The predicted molar refractivity (Wildman–Crippen MR) is 117 cm³/mol. The quantitative estimate of drug-likeness (QED) is 0.141. The second kappa shape index (κ2) is 13.3. The number of carboxylic acid groups (broad SMARTS) is 2. The number of carbonyl (C=O) groups excluding carboxylic acids is 3. The summed E-state index contributed by atoms with van der Waals surface area (Å²) in [5.41, 5.74) is 6.45. The zero-order valence-corrected chi connectivity index (χ0v) is 19.1. The van der Waals surface area contributed by atoms with Crippen LogP contribution in [-0.2, 0) is 30.4 Å². The Bertz CT molecular complexity index is 857. The molecule has 0 radical (unpaired) electrons. The van der Waals surface area contributed by atoms with E-state index in [1.807, 2.05) is 0 Å². The van der Waals surface area contributed by atoms with E-state index in [0.717, 1.165) is 0 Å². The molecular weight excluding hydrogens is 452 g/mol. The van der Waals surface area contributed by atoms with Crippen molar-refractivity contribution in [2.75, 3.05) is 0 Å². The first kappa shape index (κ1) is 28.5. The highest BCUT2D eigenvalue weighted by atomic mass is 16.4. The summed E-state index contributed by atoms with van der Waals surface area (Å²) >= 11 is 0. The number of nitrogens with two attached hydrogens (primary N) is 1. The molecule has 34 heavy (non-hydrogen) atoms. The van der Waals surface area contributed by atoms with E-state index in [2.05, 4.69) is 25.9 Å². The molecule has 0 aliphatic rings. The van der Waals surface area contributed by atoms with Gasteiger partial charge < -0.3 is 42.0 Å². The largest absolute Gasteiger partial charge is 0.481 e. The van der Waals surface area contributed by atoms with Gasteiger partial charge in [-0.1, -0.05) is 13.8 Å². The maximum atomic E-state index is 12.9. The van der Waals surface area contributed by atoms with E-state index in [9.17, 15) is 29.1 Å². The highest BCUT2D eigenvalue weighted by Gasteiger charge is 2.33. The molecule has 0 saturated heterocycles. The third-order valence-electron chi connectivity index (χ3n) is 4.90. The smallest absolute Gasteiger partial charge is 0.328 e. The molecule has 0 saturated carbocycles. The number of amides is 3. The third kappa shape index (κ3) is 9.15. The summed E-state index contributed by atoms with van der Waals surface area (Å²) in [6.07, 6.45) is 0.852. The molecule has 0 aromatic carbocycles. The standard InChI is InChI=1S/C20H32N6O8/c1-9(2)15(19(32)26-16(10(3)27)20(33)34)25-18(31)13(4-5-14(28)29)24-17(30)12(21)6-11-7-22-8-23-11/h7-10,12-13,15-16,27H,4-6,21H2,1-3H3,(H,22,23)(H,24,30)(H,25,31)(H,26,32)(H,28,29)(H,33,34). The minimum absolute atomic E-state index is 0.0893. The van der Waals surface area contributed by atoms with Gasteiger partial charge in [-0.25, -0.2) is 9.78 Å². The fourth-order valence-electron chi connectivity index (χ4n) is 2.96. The first-order valence-corrected chi connectivity index (χ1v) is 10.6. The van der Waals surface area contributed by atoms with Crippen molar-refractivity contribution in [1.82, 2.24) is 25.9 Å². The molecular formula is C20H32N6O8. The Labute approximate surface area is 195 Å². The topological polar surface area (TPSA) is 237 Å². The summed E-state index contributed by atoms with van der Waals surface area (Å²) in [5.74, 6) is -5.60. The average molecular weight is 485 g/mol. The fourth-order valence-corrected chi connectivity index (χ4v) is 2.96. The molecule has 3 amide bonds. The van der Waals surface area contributed by atoms with Gasteiger partial charge in [0.15, 0.2) is 6.04 Å². The lowest BCUT2D eigenvalue weighted by Crippen LogP contribution is -2.59. The molecule has 14 heteroatoms. The van der Waals surface area contributed by atoms with Crippen LogP contribution in [0.5, 0.6) is 0 Å². The van der Waals surface area contributed by atoms with Gasteiger partial charge in [0.1, 0.15) is 12.1 Å². The van der Waals surface area contributed by atoms with E-state index in [-0.39, 0.29) is 12.8 Å². The molecule has 14 nitrogen and oxygen atoms in total. The number of carboxylic acids is 2. The Kier molecular flexibility index (Phi) is 11.1. The lowest BCUT2D eigenvalue weighted by atomic mass is 10.0. The van der Waals surface area contributed by atoms with Gasteiger partial charge in [0.25, 0.3) is 0 Å². The number of hydrogen-bond acceptors (Lipinski definition) is 8. The SMILES string of the molecule is CC(C)C(NC(=O)C(CCC(=O)O)NC(=O)C(N)Cc1cnc[nH]1)C(=O)NC(C(=O)O)C(C)O. The summed E-state index contributed by atoms with van der Waals surface area (Å²) < 4.78 is 0. The Morgan fingerprint density at radius 3 is 2.09 bits per heavy atom. The molecule has 0 aliphatic carbocycles. The van der Waals surface area contributed by atoms with Crippen molar-refractivity contribution >= 4 is 29.7 Å². The molecule has 1 aromatic rings. The van der Waals surface area contributed by atoms with Crippen LogP contribution in [0.4, 0.5) is 0 Å². The van der Waals surface area contributed by atoms with Crippen molar-refractivity contribution in [3.63, 3.8) is 0 Å². The van der Waals surface area contributed by atoms with E-state index >= 15 is 0 Å². The minimum atomic E-state index is -1.60. The Morgan fingerprint density at radius 2 is 1.62 bits per heavy atom. The molecule has 5 unspecified atom stereocenters. The van der Waals surface area contributed by atoms with Crippen molar-refractivity contribution in [3.8, 4) is 0 Å². The fraction of sp³-hybridized carbons (Fsp3) is 0.600. The zero-order chi connectivity index (χ0) is 26.0. The second-order valence-corrected chi connectivity index (χ2v) is 8.18. The van der Waals surface area contributed by atoms with Crippen LogP contribution in [0, 0.1) is 5.92 Å². The van der Waals surface area contributed by atoms with Crippen LogP contribution in [0.1, 0.15) is 39.3 Å². The molecule has 5 atom stereocenters. The van der Waals surface area contributed by atoms with Gasteiger partial charge in [-0.3, -0.25) is 19.2 Å². The Morgan fingerprint density at radius 1 is 1.00 bits per heavy atom. The summed E-state index contributed by atoms with van der Waals surface area (Å²) in [6, 6.07) is -5.21. The molecule has 1 rings (SSSR count). The third-order valence-corrected chi connectivity index (χ3v) is 4.90. The minimum Gasteiger partial charge on any atom is -0.481 e. The molecule has 0 fully saturated rings. The van der Waals surface area contributed by atoms with Crippen LogP contribution in [0.2, 0.25) is 0 Å². The maximum Gasteiger partial charge on any atom is 0.328 e. The van der Waals surface area contributed by atoms with Gasteiger partial charge in [-0.05, 0) is 19.3 Å². The van der Waals surface area contributed by atoms with E-state index in [1.54, 1.807) is 13.8 Å². The number of rotatable bonds is 14. The van der Waals surface area contributed by atoms with Crippen LogP contribution in [0.3, 0.4) is 0 Å². The van der Waals surface area contributed by atoms with Crippen LogP contribution in [-0.4, -0.2) is 85.2 Å². The second-order valence-electron chi connectivity index (χ2n) is 8.18. The number of imidazole rings is 1. The predicted octanol–water partition coefficient (Wildman–Crippen LogP) is -2.28. The summed E-state index contributed by atoms with van der Waals surface area (Å²) in [7, 11) is 0. The number of aliphatic hydroxyl groups is 1. The van der Waals surface area contributed by atoms with Crippen molar-refractivity contribution in [2.24, 2.45) is 11.7 Å². The lowest BCUT2D eigenvalue weighted by Gasteiger charge is -2.27. The highest BCUT2D eigenvalue weighted by Crippen LogP contribution is 2.07. The van der Waals surface area contributed by atoms with Crippen LogP contribution in [0.15, 0.2) is 12.5 Å². The number of aromatic nitrogens is 2. The maximum absolute atomic E-state index is 12.9. The van der Waals surface area contributed by atoms with E-state index in [0.29, 0.717) is 5.69 Å². The number of carbonyl (C=O) groups is 5. The number of hydrogen-bond donors (Lipinski definition) is 8. The van der Waals surface area contributed by atoms with Crippen molar-refractivity contribution in [3.05, 3.63) is 18.2 Å². The molecule has 9 N–H and O–H groups in total. The van der Waals surface area contributed by atoms with Gasteiger partial charge in [0, 0.05) is 24.7 Å². The van der Waals surface area contributed by atoms with E-state index < -0.39 is 72.3 Å². The normalized spacial score (nSPS) is 15.5. The number of aromatic amines is 1. The van der Waals surface area contributed by atoms with Crippen molar-refractivity contribution in [2.45, 2.75) is 70.3 Å². The molecule has 0 aliphatic heterocycles. The van der Waals surface area contributed by atoms with Gasteiger partial charge >= 0.3 is 11.9 Å². The highest BCUT2D eigenvalue weighted by molar-refractivity contribution is 5.94. The van der Waals surface area contributed by atoms with Crippen molar-refractivity contribution in [1.29, 1.82) is 0 Å². The Hall–Kier alpha value is -3.52. The molecule has 1 aromatic heterocycles. The number of nitrogens with zero attached hydrogens (tertiary/aromatic N) is 1. The first-order chi connectivity index (χ1) is 15.8. The number of H-pyrrole nitrogens is 1. The molecule has 0 spiro atoms. The molecule has 0 bridgehead atoms. The number of aliphatic carboxylic acids is 2. The Balaban J connectivity index is 2.94. The van der Waals surface area contributed by atoms with E-state index in [1.165, 1.54) is 19.4 Å². The van der Waals surface area contributed by atoms with Gasteiger partial charge in [0.2, 0.25) is 17.7 Å². The summed E-state index contributed by atoms with van der Waals surface area (Å²) in [5, 5.41) is 34.7. The number of nitrogens with one attached hydrogen (secondary N) is 4. The van der Waals surface area contributed by atoms with Gasteiger partial charge in [-0.15, -0.1) is 0 Å². The van der Waals surface area contributed by atoms with E-state index in [4.69, 9.17) is 15.9 Å². The molecule has 190 valence electrons. The average Bonchev–Trinajstić information content (AvgIpc) is 3.24. The van der Waals surface area contributed by atoms with Crippen molar-refractivity contribution < 1.29 is 39.3 Å². The van der Waals surface area contributed by atoms with Gasteiger partial charge in [0.05, 0.1) is 18.5 Å². The monoisotopic (exact) mass is 484 g/mol. The summed E-state index contributed by atoms with van der Waals surface area (Å²) in [6.45, 7) is 4.37. The summed E-state index contributed by atoms with van der Waals surface area (Å²) in [4.78, 5) is 66.9. The first-order valence-electron chi connectivity index (χ1n) is 10.6. The van der Waals surface area contributed by atoms with Gasteiger partial charge in [-0.2, -0.15) is 0 Å². The zero-order valence-electron chi connectivity index (χ0n) is 19.1.